The van der Waals surface area contributed by atoms with E-state index in [1.807, 2.05) is 17.0 Å². The predicted molar refractivity (Wildman–Crippen MR) is 91.6 cm³/mol. The highest BCUT2D eigenvalue weighted by Crippen LogP contribution is 2.25. The largest absolute Gasteiger partial charge is 0.480 e. The number of nitrogens with zero attached hydrogens (tertiary/aromatic N) is 1. The summed E-state index contributed by atoms with van der Waals surface area (Å²) in [6.45, 7) is 1.96. The Balaban J connectivity index is 1.45. The Labute approximate surface area is 147 Å². The van der Waals surface area contributed by atoms with Gasteiger partial charge in [0.1, 0.15) is 11.9 Å². The number of hydrogen-bond acceptors (Lipinski definition) is 3. The van der Waals surface area contributed by atoms with Crippen LogP contribution in [0.2, 0.25) is 0 Å². The van der Waals surface area contributed by atoms with Gasteiger partial charge in [-0.25, -0.2) is 4.39 Å². The monoisotopic (exact) mass is 348 g/mol. The number of benzene rings is 1. The first-order valence-electron chi connectivity index (χ1n) is 9.02. The number of rotatable bonds is 4. The van der Waals surface area contributed by atoms with Crippen molar-refractivity contribution >= 4 is 11.9 Å². The molecule has 1 aromatic rings. The summed E-state index contributed by atoms with van der Waals surface area (Å²) < 4.78 is 13.0. The minimum Gasteiger partial charge on any atom is -0.480 e. The van der Waals surface area contributed by atoms with Crippen molar-refractivity contribution in [3.8, 4) is 0 Å². The van der Waals surface area contributed by atoms with Gasteiger partial charge in [0.05, 0.1) is 5.92 Å². The molecule has 2 saturated heterocycles. The molecule has 6 heteroatoms. The lowest BCUT2D eigenvalue weighted by Gasteiger charge is -2.36. The summed E-state index contributed by atoms with van der Waals surface area (Å²) in [6.07, 6.45) is 3.99. The Morgan fingerprint density at radius 2 is 1.80 bits per heavy atom. The smallest absolute Gasteiger partial charge is 0.320 e. The highest BCUT2D eigenvalue weighted by molar-refractivity contribution is 5.80. The number of halogens is 1. The SMILES string of the molecule is O=C(O)C1CCC(C(=O)N2CCC(Cc3ccc(F)cc3)CC2)CN1. The van der Waals surface area contributed by atoms with Gasteiger partial charge in [-0.15, -0.1) is 0 Å². The van der Waals surface area contributed by atoms with E-state index in [4.69, 9.17) is 5.11 Å². The number of carboxylic acids is 1. The van der Waals surface area contributed by atoms with Gasteiger partial charge in [-0.3, -0.25) is 9.59 Å². The van der Waals surface area contributed by atoms with E-state index >= 15 is 0 Å². The van der Waals surface area contributed by atoms with E-state index in [1.165, 1.54) is 12.1 Å². The van der Waals surface area contributed by atoms with Crippen molar-refractivity contribution in [3.05, 3.63) is 35.6 Å². The standard InChI is InChI=1S/C19H25FN2O3/c20-16-4-1-13(2-5-16)11-14-7-9-22(10-8-14)18(23)15-3-6-17(19(24)25)21-12-15/h1-2,4-5,14-15,17,21H,3,6-12H2,(H,24,25). The molecule has 1 amide bonds. The molecule has 0 radical (unpaired) electrons. The predicted octanol–water partition coefficient (Wildman–Crippen LogP) is 2.06. The third-order valence-electron chi connectivity index (χ3n) is 5.43. The number of carboxylic acid groups (broad SMARTS) is 1. The highest BCUT2D eigenvalue weighted by Gasteiger charge is 2.33. The van der Waals surface area contributed by atoms with E-state index in [2.05, 4.69) is 5.32 Å². The van der Waals surface area contributed by atoms with Crippen molar-refractivity contribution in [2.75, 3.05) is 19.6 Å². The molecule has 2 fully saturated rings. The van der Waals surface area contributed by atoms with Gasteiger partial charge in [-0.2, -0.15) is 0 Å². The van der Waals surface area contributed by atoms with Crippen LogP contribution in [0.1, 0.15) is 31.2 Å². The highest BCUT2D eigenvalue weighted by atomic mass is 19.1. The van der Waals surface area contributed by atoms with Crippen LogP contribution in [0.25, 0.3) is 0 Å². The van der Waals surface area contributed by atoms with Crippen molar-refractivity contribution in [3.63, 3.8) is 0 Å². The topological polar surface area (TPSA) is 69.6 Å². The average molecular weight is 348 g/mol. The molecule has 1 aromatic carbocycles. The summed E-state index contributed by atoms with van der Waals surface area (Å²) in [6, 6.07) is 6.13. The van der Waals surface area contributed by atoms with Crippen molar-refractivity contribution in [1.29, 1.82) is 0 Å². The quantitative estimate of drug-likeness (QED) is 0.874. The van der Waals surface area contributed by atoms with Gasteiger partial charge in [0, 0.05) is 19.6 Å². The molecule has 3 rings (SSSR count). The maximum Gasteiger partial charge on any atom is 0.320 e. The van der Waals surface area contributed by atoms with Crippen LogP contribution in [-0.2, 0) is 16.0 Å². The van der Waals surface area contributed by atoms with Gasteiger partial charge in [0.2, 0.25) is 5.91 Å². The Kier molecular flexibility index (Phi) is 5.68. The number of piperidine rings is 2. The fourth-order valence-electron chi connectivity index (χ4n) is 3.85. The number of amides is 1. The molecule has 0 aromatic heterocycles. The van der Waals surface area contributed by atoms with E-state index in [0.717, 1.165) is 37.9 Å². The van der Waals surface area contributed by atoms with E-state index in [-0.39, 0.29) is 17.6 Å². The van der Waals surface area contributed by atoms with Gasteiger partial charge in [-0.05, 0) is 55.7 Å². The van der Waals surface area contributed by atoms with Crippen LogP contribution in [0.5, 0.6) is 0 Å². The zero-order valence-corrected chi connectivity index (χ0v) is 14.3. The molecular weight excluding hydrogens is 323 g/mol. The van der Waals surface area contributed by atoms with Crippen LogP contribution in [-0.4, -0.2) is 47.6 Å². The van der Waals surface area contributed by atoms with Gasteiger partial charge in [-0.1, -0.05) is 12.1 Å². The first-order valence-corrected chi connectivity index (χ1v) is 9.02. The Morgan fingerprint density at radius 3 is 2.36 bits per heavy atom. The molecule has 2 N–H and O–H groups in total. The zero-order chi connectivity index (χ0) is 17.8. The van der Waals surface area contributed by atoms with Crippen molar-refractivity contribution in [1.82, 2.24) is 10.2 Å². The van der Waals surface area contributed by atoms with E-state index in [9.17, 15) is 14.0 Å². The summed E-state index contributed by atoms with van der Waals surface area (Å²) in [4.78, 5) is 25.5. The van der Waals surface area contributed by atoms with Crippen molar-refractivity contribution in [2.45, 2.75) is 38.1 Å². The fraction of sp³-hybridized carbons (Fsp3) is 0.579. The van der Waals surface area contributed by atoms with Crippen LogP contribution >= 0.6 is 0 Å². The van der Waals surface area contributed by atoms with Gasteiger partial charge in [0.25, 0.3) is 0 Å². The second-order valence-electron chi connectivity index (χ2n) is 7.17. The average Bonchev–Trinajstić information content (AvgIpc) is 2.64. The summed E-state index contributed by atoms with van der Waals surface area (Å²) in [7, 11) is 0. The van der Waals surface area contributed by atoms with Gasteiger partial charge < -0.3 is 15.3 Å². The second-order valence-corrected chi connectivity index (χ2v) is 7.17. The van der Waals surface area contributed by atoms with Crippen molar-refractivity contribution < 1.29 is 19.1 Å². The second kappa shape index (κ2) is 7.95. The van der Waals surface area contributed by atoms with Crippen LogP contribution < -0.4 is 5.32 Å². The number of carbonyl (C=O) groups excluding carboxylic acids is 1. The summed E-state index contributed by atoms with van der Waals surface area (Å²) in [5.41, 5.74) is 1.14. The minimum atomic E-state index is -0.840. The molecule has 0 spiro atoms. The van der Waals surface area contributed by atoms with Gasteiger partial charge in [0.15, 0.2) is 0 Å². The Hall–Kier alpha value is -1.95. The van der Waals surface area contributed by atoms with Crippen molar-refractivity contribution in [2.24, 2.45) is 11.8 Å². The maximum atomic E-state index is 13.0. The van der Waals surface area contributed by atoms with Gasteiger partial charge >= 0.3 is 5.97 Å². The summed E-state index contributed by atoms with van der Waals surface area (Å²) in [5, 5.41) is 12.0. The third kappa shape index (κ3) is 4.57. The third-order valence-corrected chi connectivity index (χ3v) is 5.43. The maximum absolute atomic E-state index is 13.0. The molecule has 2 atom stereocenters. The van der Waals surface area contributed by atoms with Crippen LogP contribution in [0.4, 0.5) is 4.39 Å². The lowest BCUT2D eigenvalue weighted by Crippen LogP contribution is -2.50. The normalized spacial score (nSPS) is 24.9. The molecule has 5 nitrogen and oxygen atoms in total. The molecule has 136 valence electrons. The Morgan fingerprint density at radius 1 is 1.12 bits per heavy atom. The first kappa shape index (κ1) is 17.9. The molecule has 2 heterocycles. The summed E-state index contributed by atoms with van der Waals surface area (Å²) in [5.74, 6) is -0.487. The molecule has 25 heavy (non-hydrogen) atoms. The van der Waals surface area contributed by atoms with E-state index in [0.29, 0.717) is 25.3 Å². The molecule has 0 aliphatic carbocycles. The lowest BCUT2D eigenvalue weighted by molar-refractivity contribution is -0.143. The van der Waals surface area contributed by atoms with E-state index < -0.39 is 12.0 Å². The van der Waals surface area contributed by atoms with Crippen LogP contribution in [0.3, 0.4) is 0 Å². The van der Waals surface area contributed by atoms with E-state index in [1.54, 1.807) is 0 Å². The van der Waals surface area contributed by atoms with Crippen LogP contribution in [0, 0.1) is 17.7 Å². The molecule has 2 aliphatic heterocycles. The number of likely N-dealkylation sites (tertiary alicyclic amines) is 1. The minimum absolute atomic E-state index is 0.107. The number of carbonyl (C=O) groups is 2. The zero-order valence-electron chi connectivity index (χ0n) is 14.3. The first-order chi connectivity index (χ1) is 12.0. The number of hydrogen-bond donors (Lipinski definition) is 2. The molecular formula is C19H25FN2O3. The number of nitrogens with one attached hydrogen (secondary N) is 1. The molecule has 0 bridgehead atoms. The fourth-order valence-corrected chi connectivity index (χ4v) is 3.85. The molecule has 2 aliphatic rings. The Bertz CT molecular complexity index is 604. The lowest BCUT2D eigenvalue weighted by atomic mass is 9.88. The summed E-state index contributed by atoms with van der Waals surface area (Å²) >= 11 is 0. The number of aliphatic carboxylic acids is 1. The van der Waals surface area contributed by atoms with Crippen LogP contribution in [0.15, 0.2) is 24.3 Å². The molecule has 0 saturated carbocycles. The molecule has 2 unspecified atom stereocenters.